The number of fused-ring (bicyclic) bond motifs is 1. The third kappa shape index (κ3) is 3.16. The molecule has 0 bridgehead atoms. The zero-order valence-electron chi connectivity index (χ0n) is 17.8. The molecule has 8 heteroatoms. The Morgan fingerprint density at radius 1 is 1.07 bits per heavy atom. The zero-order valence-corrected chi connectivity index (χ0v) is 17.8. The number of hydrogen-bond acceptors (Lipinski definition) is 5. The van der Waals surface area contributed by atoms with Gasteiger partial charge in [-0.05, 0) is 25.7 Å². The summed E-state index contributed by atoms with van der Waals surface area (Å²) >= 11 is 0. The average Bonchev–Trinajstić information content (AvgIpc) is 3.17. The van der Waals surface area contributed by atoms with Gasteiger partial charge in [0.25, 0.3) is 5.56 Å². The van der Waals surface area contributed by atoms with Crippen molar-refractivity contribution in [1.29, 1.82) is 0 Å². The van der Waals surface area contributed by atoms with E-state index < -0.39 is 17.3 Å². The summed E-state index contributed by atoms with van der Waals surface area (Å²) in [7, 11) is 3.06. The molecule has 4 rings (SSSR count). The first-order valence-corrected chi connectivity index (χ1v) is 10.3. The molecule has 1 atom stereocenters. The van der Waals surface area contributed by atoms with E-state index in [9.17, 15) is 14.4 Å². The second-order valence-electron chi connectivity index (χ2n) is 8.24. The van der Waals surface area contributed by atoms with Crippen molar-refractivity contribution >= 4 is 22.9 Å². The van der Waals surface area contributed by atoms with Crippen LogP contribution in [0, 0.1) is 5.92 Å². The molecule has 1 fully saturated rings. The molecule has 3 heterocycles. The molecule has 1 saturated heterocycles. The summed E-state index contributed by atoms with van der Waals surface area (Å²) in [6.07, 6.45) is 2.03. The van der Waals surface area contributed by atoms with E-state index in [1.807, 2.05) is 18.2 Å². The maximum absolute atomic E-state index is 13.3. The molecule has 0 unspecified atom stereocenters. The second kappa shape index (κ2) is 7.59. The lowest BCUT2D eigenvalue weighted by molar-refractivity contribution is 0.0937. The molecule has 0 radical (unpaired) electrons. The number of anilines is 1. The Balaban J connectivity index is 1.95. The van der Waals surface area contributed by atoms with Gasteiger partial charge in [-0.25, -0.2) is 4.79 Å². The maximum Gasteiger partial charge on any atom is 0.332 e. The molecule has 158 valence electrons. The second-order valence-corrected chi connectivity index (χ2v) is 8.24. The first-order valence-electron chi connectivity index (χ1n) is 10.3. The fourth-order valence-corrected chi connectivity index (χ4v) is 4.16. The minimum atomic E-state index is -0.642. The number of rotatable bonds is 4. The quantitative estimate of drug-likeness (QED) is 0.617. The fraction of sp³-hybridized carbons (Fsp3) is 0.455. The van der Waals surface area contributed by atoms with Gasteiger partial charge in [0.15, 0.2) is 16.9 Å². The highest BCUT2D eigenvalue weighted by Crippen LogP contribution is 2.29. The SMILES string of the molecule is CC1CCN(c2nc3c(c(=O)n(C)c(=O)n3C)n2[C@H](C)C(=O)c2ccccc2)CC1. The van der Waals surface area contributed by atoms with Crippen LogP contribution >= 0.6 is 0 Å². The molecule has 2 aromatic heterocycles. The lowest BCUT2D eigenvalue weighted by Gasteiger charge is -2.32. The molecule has 0 spiro atoms. The van der Waals surface area contributed by atoms with Crippen LogP contribution in [0.15, 0.2) is 39.9 Å². The monoisotopic (exact) mass is 409 g/mol. The highest BCUT2D eigenvalue weighted by molar-refractivity contribution is 5.99. The largest absolute Gasteiger partial charge is 0.342 e. The number of Topliss-reactive ketones (excluding diaryl/α,β-unsaturated/α-hetero) is 1. The van der Waals surface area contributed by atoms with E-state index in [0.717, 1.165) is 30.5 Å². The molecule has 30 heavy (non-hydrogen) atoms. The standard InChI is InChI=1S/C22H27N5O3/c1-14-10-12-26(13-11-14)21-23-19-17(20(29)25(4)22(30)24(19)3)27(21)15(2)18(28)16-8-6-5-7-9-16/h5-9,14-15H,10-13H2,1-4H3/t15-/m1/s1. The van der Waals surface area contributed by atoms with Gasteiger partial charge >= 0.3 is 5.69 Å². The highest BCUT2D eigenvalue weighted by atomic mass is 16.2. The molecule has 1 aliphatic heterocycles. The predicted molar refractivity (Wildman–Crippen MR) is 116 cm³/mol. The van der Waals surface area contributed by atoms with Crippen molar-refractivity contribution in [3.8, 4) is 0 Å². The smallest absolute Gasteiger partial charge is 0.332 e. The van der Waals surface area contributed by atoms with E-state index in [0.29, 0.717) is 23.1 Å². The van der Waals surface area contributed by atoms with Crippen molar-refractivity contribution in [3.05, 3.63) is 56.7 Å². The Morgan fingerprint density at radius 3 is 2.33 bits per heavy atom. The summed E-state index contributed by atoms with van der Waals surface area (Å²) in [6.45, 7) is 5.61. The summed E-state index contributed by atoms with van der Waals surface area (Å²) in [5.74, 6) is 1.10. The number of carbonyl (C=O) groups is 1. The van der Waals surface area contributed by atoms with Crippen LogP contribution in [0.25, 0.3) is 11.2 Å². The number of carbonyl (C=O) groups excluding carboxylic acids is 1. The number of nitrogens with zero attached hydrogens (tertiary/aromatic N) is 5. The Labute approximate surface area is 174 Å². The molecule has 0 aliphatic carbocycles. The van der Waals surface area contributed by atoms with Crippen LogP contribution in [0.5, 0.6) is 0 Å². The van der Waals surface area contributed by atoms with Crippen LogP contribution in [0.3, 0.4) is 0 Å². The summed E-state index contributed by atoms with van der Waals surface area (Å²) in [4.78, 5) is 45.7. The van der Waals surface area contributed by atoms with Crippen LogP contribution < -0.4 is 16.1 Å². The van der Waals surface area contributed by atoms with Crippen LogP contribution in [-0.2, 0) is 14.1 Å². The molecule has 0 amide bonds. The van der Waals surface area contributed by atoms with Gasteiger partial charge in [-0.1, -0.05) is 37.3 Å². The maximum atomic E-state index is 13.3. The van der Waals surface area contributed by atoms with Crippen molar-refractivity contribution in [3.63, 3.8) is 0 Å². The highest BCUT2D eigenvalue weighted by Gasteiger charge is 2.30. The van der Waals surface area contributed by atoms with Crippen LogP contribution in [0.4, 0.5) is 5.95 Å². The third-order valence-corrected chi connectivity index (χ3v) is 6.16. The Kier molecular flexibility index (Phi) is 5.09. The van der Waals surface area contributed by atoms with Gasteiger partial charge in [0.1, 0.15) is 0 Å². The number of benzene rings is 1. The molecule has 3 aromatic rings. The fourth-order valence-electron chi connectivity index (χ4n) is 4.16. The van der Waals surface area contributed by atoms with Crippen molar-refractivity contribution in [2.75, 3.05) is 18.0 Å². The zero-order chi connectivity index (χ0) is 21.6. The van der Waals surface area contributed by atoms with Gasteiger partial charge in [0.05, 0.1) is 6.04 Å². The van der Waals surface area contributed by atoms with Gasteiger partial charge in [-0.3, -0.25) is 23.3 Å². The number of aryl methyl sites for hydroxylation is 1. The van der Waals surface area contributed by atoms with Gasteiger partial charge < -0.3 is 4.90 Å². The van der Waals surface area contributed by atoms with Gasteiger partial charge in [-0.2, -0.15) is 4.98 Å². The molecule has 0 saturated carbocycles. The van der Waals surface area contributed by atoms with E-state index in [1.165, 1.54) is 11.6 Å². The van der Waals surface area contributed by atoms with E-state index in [2.05, 4.69) is 11.8 Å². The number of hydrogen-bond donors (Lipinski definition) is 0. The molecule has 1 aromatic carbocycles. The Morgan fingerprint density at radius 2 is 1.70 bits per heavy atom. The molecule has 8 nitrogen and oxygen atoms in total. The van der Waals surface area contributed by atoms with Crippen LogP contribution in [0.1, 0.15) is 43.1 Å². The lowest BCUT2D eigenvalue weighted by atomic mass is 9.99. The van der Waals surface area contributed by atoms with E-state index in [4.69, 9.17) is 4.98 Å². The molecule has 1 aliphatic rings. The van der Waals surface area contributed by atoms with E-state index in [-0.39, 0.29) is 11.3 Å². The first-order chi connectivity index (χ1) is 14.3. The summed E-state index contributed by atoms with van der Waals surface area (Å²) < 4.78 is 4.17. The van der Waals surface area contributed by atoms with Crippen molar-refractivity contribution in [2.45, 2.75) is 32.7 Å². The van der Waals surface area contributed by atoms with Crippen LogP contribution in [-0.4, -0.2) is 37.6 Å². The van der Waals surface area contributed by atoms with Gasteiger partial charge in [0.2, 0.25) is 5.95 Å². The summed E-state index contributed by atoms with van der Waals surface area (Å²) in [6, 6.07) is 8.41. The van der Waals surface area contributed by atoms with Crippen molar-refractivity contribution in [2.24, 2.45) is 20.0 Å². The van der Waals surface area contributed by atoms with E-state index in [1.54, 1.807) is 30.7 Å². The number of ketones is 1. The third-order valence-electron chi connectivity index (χ3n) is 6.16. The minimum absolute atomic E-state index is 0.0996. The topological polar surface area (TPSA) is 82.1 Å². The Hall–Kier alpha value is -3.16. The van der Waals surface area contributed by atoms with Crippen LogP contribution in [0.2, 0.25) is 0 Å². The van der Waals surface area contributed by atoms with Gasteiger partial charge in [-0.15, -0.1) is 0 Å². The number of imidazole rings is 1. The summed E-state index contributed by atoms with van der Waals surface area (Å²) in [5, 5.41) is 0. The first kappa shape index (κ1) is 20.1. The van der Waals surface area contributed by atoms with E-state index >= 15 is 0 Å². The summed E-state index contributed by atoms with van der Waals surface area (Å²) in [5.41, 5.74) is 0.295. The Bertz CT molecular complexity index is 1210. The lowest BCUT2D eigenvalue weighted by Crippen LogP contribution is -2.38. The minimum Gasteiger partial charge on any atom is -0.342 e. The van der Waals surface area contributed by atoms with Gasteiger partial charge in [0, 0.05) is 32.7 Å². The molecular formula is C22H27N5O3. The molecular weight excluding hydrogens is 382 g/mol. The number of piperidine rings is 1. The molecule has 0 N–H and O–H groups in total. The normalized spacial score (nSPS) is 16.2. The average molecular weight is 409 g/mol. The van der Waals surface area contributed by atoms with Crippen molar-refractivity contribution in [1.82, 2.24) is 18.7 Å². The predicted octanol–water partition coefficient (Wildman–Crippen LogP) is 2.11. The number of aromatic nitrogens is 4. The van der Waals surface area contributed by atoms with Crippen molar-refractivity contribution < 1.29 is 4.79 Å².